The number of aryl methyl sites for hydroxylation is 1. The quantitative estimate of drug-likeness (QED) is 0.448. The van der Waals surface area contributed by atoms with Gasteiger partial charge in [-0.05, 0) is 49.4 Å². The Morgan fingerprint density at radius 3 is 2.53 bits per heavy atom. The van der Waals surface area contributed by atoms with Gasteiger partial charge >= 0.3 is 0 Å². The summed E-state index contributed by atoms with van der Waals surface area (Å²) < 4.78 is 12.8. The van der Waals surface area contributed by atoms with Crippen molar-refractivity contribution < 1.29 is 14.3 Å². The maximum atomic E-state index is 13.2. The molecular formula is C24H22N6O3S. The third kappa shape index (κ3) is 3.75. The predicted octanol–water partition coefficient (Wildman–Crippen LogP) is 3.39. The lowest BCUT2D eigenvalue weighted by Gasteiger charge is -2.35. The monoisotopic (exact) mass is 474 g/mol. The molecule has 3 aromatic heterocycles. The first-order valence-corrected chi connectivity index (χ1v) is 11.9. The minimum atomic E-state index is 0.0392. The van der Waals surface area contributed by atoms with Crippen LogP contribution in [0.25, 0.3) is 16.4 Å². The average molecular weight is 475 g/mol. The first kappa shape index (κ1) is 20.7. The number of aromatic nitrogens is 4. The van der Waals surface area contributed by atoms with E-state index in [1.165, 1.54) is 11.3 Å². The Balaban J connectivity index is 1.11. The van der Waals surface area contributed by atoms with Crippen molar-refractivity contribution in [3.63, 3.8) is 0 Å². The summed E-state index contributed by atoms with van der Waals surface area (Å²) >= 11 is 1.43. The standard InChI is InChI=1S/C24H22N6O3S/c1-16-22(34-24(25-16)30-8-2-3-9-30)23(31)29-12-10-28(11-13-29)21-7-5-18(26-27-21)17-4-6-19-20(14-17)33-15-32-19/h2-9,14H,10-13,15H2,1H3. The molecule has 1 fully saturated rings. The second kappa shape index (κ2) is 8.45. The van der Waals surface area contributed by atoms with Gasteiger partial charge < -0.3 is 23.8 Å². The van der Waals surface area contributed by atoms with E-state index in [9.17, 15) is 4.79 Å². The number of fused-ring (bicyclic) bond motifs is 1. The first-order valence-electron chi connectivity index (χ1n) is 11.0. The van der Waals surface area contributed by atoms with Crippen molar-refractivity contribution in [1.82, 2.24) is 24.6 Å². The molecule has 9 nitrogen and oxygen atoms in total. The van der Waals surface area contributed by atoms with Crippen LogP contribution in [0.15, 0.2) is 54.9 Å². The number of thiazole rings is 1. The van der Waals surface area contributed by atoms with Crippen molar-refractivity contribution in [2.24, 2.45) is 0 Å². The van der Waals surface area contributed by atoms with Gasteiger partial charge in [0.15, 0.2) is 22.4 Å². The summed E-state index contributed by atoms with van der Waals surface area (Å²) in [6.07, 6.45) is 3.87. The number of hydrogen-bond donors (Lipinski definition) is 0. The number of carbonyl (C=O) groups excluding carboxylic acids is 1. The second-order valence-electron chi connectivity index (χ2n) is 8.13. The van der Waals surface area contributed by atoms with E-state index >= 15 is 0 Å². The van der Waals surface area contributed by atoms with Crippen LogP contribution in [0.2, 0.25) is 0 Å². The SMILES string of the molecule is Cc1nc(-n2cccc2)sc1C(=O)N1CCN(c2ccc(-c3ccc4c(c3)OCO4)nn2)CC1. The van der Waals surface area contributed by atoms with Gasteiger partial charge in [0.1, 0.15) is 4.88 Å². The van der Waals surface area contributed by atoms with Gasteiger partial charge in [0.25, 0.3) is 5.91 Å². The van der Waals surface area contributed by atoms with E-state index in [0.717, 1.165) is 39.4 Å². The molecule has 5 heterocycles. The summed E-state index contributed by atoms with van der Waals surface area (Å²) in [6.45, 7) is 4.79. The molecule has 0 saturated carbocycles. The Kier molecular flexibility index (Phi) is 5.14. The van der Waals surface area contributed by atoms with Gasteiger partial charge in [-0.15, -0.1) is 10.2 Å². The summed E-state index contributed by atoms with van der Waals surface area (Å²) in [7, 11) is 0. The van der Waals surface area contributed by atoms with Gasteiger partial charge in [0.2, 0.25) is 6.79 Å². The molecule has 1 aromatic carbocycles. The van der Waals surface area contributed by atoms with Crippen molar-refractivity contribution in [1.29, 1.82) is 0 Å². The maximum Gasteiger partial charge on any atom is 0.266 e. The number of piperazine rings is 1. The number of carbonyl (C=O) groups is 1. The van der Waals surface area contributed by atoms with E-state index in [1.807, 2.05) is 71.2 Å². The third-order valence-corrected chi connectivity index (χ3v) is 7.17. The minimum absolute atomic E-state index is 0.0392. The average Bonchev–Trinajstić information content (AvgIpc) is 3.64. The van der Waals surface area contributed by atoms with Crippen molar-refractivity contribution in [3.8, 4) is 27.9 Å². The van der Waals surface area contributed by atoms with Gasteiger partial charge in [0.05, 0.1) is 11.4 Å². The maximum absolute atomic E-state index is 13.2. The Morgan fingerprint density at radius 1 is 0.971 bits per heavy atom. The smallest absolute Gasteiger partial charge is 0.266 e. The van der Waals surface area contributed by atoms with Gasteiger partial charge in [-0.3, -0.25) is 4.79 Å². The van der Waals surface area contributed by atoms with Crippen LogP contribution in [0, 0.1) is 6.92 Å². The highest BCUT2D eigenvalue weighted by Crippen LogP contribution is 2.35. The highest BCUT2D eigenvalue weighted by atomic mass is 32.1. The first-order chi connectivity index (χ1) is 16.7. The van der Waals surface area contributed by atoms with Crippen LogP contribution in [0.4, 0.5) is 5.82 Å². The molecule has 34 heavy (non-hydrogen) atoms. The minimum Gasteiger partial charge on any atom is -0.454 e. The normalized spacial score (nSPS) is 15.1. The molecule has 0 unspecified atom stereocenters. The highest BCUT2D eigenvalue weighted by Gasteiger charge is 2.26. The van der Waals surface area contributed by atoms with Crippen molar-refractivity contribution >= 4 is 23.1 Å². The topological polar surface area (TPSA) is 85.6 Å². The molecule has 172 valence electrons. The molecular weight excluding hydrogens is 452 g/mol. The molecule has 0 atom stereocenters. The number of benzene rings is 1. The molecule has 4 aromatic rings. The molecule has 0 radical (unpaired) electrons. The fourth-order valence-corrected chi connectivity index (χ4v) is 5.14. The number of amides is 1. The number of anilines is 1. The lowest BCUT2D eigenvalue weighted by atomic mass is 10.1. The largest absolute Gasteiger partial charge is 0.454 e. The van der Waals surface area contributed by atoms with Gasteiger partial charge in [-0.25, -0.2) is 4.98 Å². The molecule has 2 aliphatic heterocycles. The van der Waals surface area contributed by atoms with Crippen LogP contribution in [0.1, 0.15) is 15.4 Å². The molecule has 2 aliphatic rings. The number of rotatable bonds is 4. The number of nitrogens with zero attached hydrogens (tertiary/aromatic N) is 6. The molecule has 0 N–H and O–H groups in total. The molecule has 6 rings (SSSR count). The van der Waals surface area contributed by atoms with E-state index in [4.69, 9.17) is 9.47 Å². The van der Waals surface area contributed by atoms with E-state index in [0.29, 0.717) is 31.1 Å². The number of ether oxygens (including phenoxy) is 2. The molecule has 1 saturated heterocycles. The zero-order valence-corrected chi connectivity index (χ0v) is 19.4. The van der Waals surface area contributed by atoms with Gasteiger partial charge in [-0.1, -0.05) is 11.3 Å². The molecule has 1 amide bonds. The summed E-state index contributed by atoms with van der Waals surface area (Å²) in [4.78, 5) is 22.5. The van der Waals surface area contributed by atoms with Crippen LogP contribution < -0.4 is 14.4 Å². The van der Waals surface area contributed by atoms with E-state index in [1.54, 1.807) is 0 Å². The van der Waals surface area contributed by atoms with Crippen LogP contribution in [0.3, 0.4) is 0 Å². The third-order valence-electron chi connectivity index (χ3n) is 6.01. The van der Waals surface area contributed by atoms with E-state index < -0.39 is 0 Å². The predicted molar refractivity (Wildman–Crippen MR) is 128 cm³/mol. The van der Waals surface area contributed by atoms with E-state index in [-0.39, 0.29) is 12.7 Å². The van der Waals surface area contributed by atoms with Crippen LogP contribution >= 0.6 is 11.3 Å². The van der Waals surface area contributed by atoms with Crippen molar-refractivity contribution in [2.45, 2.75) is 6.92 Å². The molecule has 0 spiro atoms. The Bertz CT molecular complexity index is 1330. The Labute approximate surface area is 200 Å². The lowest BCUT2D eigenvalue weighted by Crippen LogP contribution is -2.49. The molecule has 10 heteroatoms. The molecule has 0 aliphatic carbocycles. The van der Waals surface area contributed by atoms with Crippen LogP contribution in [-0.2, 0) is 0 Å². The van der Waals surface area contributed by atoms with E-state index in [2.05, 4.69) is 20.1 Å². The zero-order valence-electron chi connectivity index (χ0n) is 18.5. The fourth-order valence-electron chi connectivity index (χ4n) is 4.14. The lowest BCUT2D eigenvalue weighted by molar-refractivity contribution is 0.0750. The van der Waals surface area contributed by atoms with Crippen LogP contribution in [0.5, 0.6) is 11.5 Å². The Hall–Kier alpha value is -3.92. The van der Waals surface area contributed by atoms with Crippen LogP contribution in [-0.4, -0.2) is 63.5 Å². The summed E-state index contributed by atoms with van der Waals surface area (Å²) in [6, 6.07) is 13.6. The van der Waals surface area contributed by atoms with Gasteiger partial charge in [-0.2, -0.15) is 0 Å². The second-order valence-corrected chi connectivity index (χ2v) is 9.10. The summed E-state index contributed by atoms with van der Waals surface area (Å²) in [5.74, 6) is 2.31. The number of hydrogen-bond acceptors (Lipinski definition) is 8. The fraction of sp³-hybridized carbons (Fsp3) is 0.250. The Morgan fingerprint density at radius 2 is 1.76 bits per heavy atom. The van der Waals surface area contributed by atoms with Crippen molar-refractivity contribution in [3.05, 3.63) is 65.4 Å². The highest BCUT2D eigenvalue weighted by molar-refractivity contribution is 7.16. The summed E-state index contributed by atoms with van der Waals surface area (Å²) in [5, 5.41) is 9.66. The van der Waals surface area contributed by atoms with Crippen molar-refractivity contribution in [2.75, 3.05) is 37.9 Å². The molecule has 0 bridgehead atoms. The zero-order chi connectivity index (χ0) is 23.1. The summed E-state index contributed by atoms with van der Waals surface area (Å²) in [5.41, 5.74) is 2.47. The van der Waals surface area contributed by atoms with Gasteiger partial charge in [0, 0.05) is 44.1 Å².